The first-order chi connectivity index (χ1) is 14.0. The molecule has 3 heterocycles. The number of ether oxygens (including phenoxy) is 1. The average molecular weight is 398 g/mol. The van der Waals surface area contributed by atoms with Crippen LogP contribution in [-0.2, 0) is 14.4 Å². The summed E-state index contributed by atoms with van der Waals surface area (Å²) < 4.78 is 20.0. The summed E-state index contributed by atoms with van der Waals surface area (Å²) in [6, 6.07) is 8.16. The van der Waals surface area contributed by atoms with Gasteiger partial charge in [-0.25, -0.2) is 9.18 Å². The van der Waals surface area contributed by atoms with Gasteiger partial charge in [0.05, 0.1) is 24.5 Å². The van der Waals surface area contributed by atoms with Gasteiger partial charge >= 0.3 is 6.09 Å². The molecule has 4 rings (SSSR count). The Kier molecular flexibility index (Phi) is 5.11. The first kappa shape index (κ1) is 18.9. The number of rotatable bonds is 5. The minimum atomic E-state index is -0.577. The van der Waals surface area contributed by atoms with Gasteiger partial charge in [-0.3, -0.25) is 14.7 Å². The predicted octanol–water partition coefficient (Wildman–Crippen LogP) is 2.55. The molecule has 0 spiro atoms. The summed E-state index contributed by atoms with van der Waals surface area (Å²) in [5, 5.41) is 6.64. The van der Waals surface area contributed by atoms with E-state index in [1.54, 1.807) is 24.5 Å². The highest BCUT2D eigenvalue weighted by Gasteiger charge is 2.33. The molecule has 1 aromatic heterocycles. The smallest absolute Gasteiger partial charge is 0.414 e. The van der Waals surface area contributed by atoms with Gasteiger partial charge in [0, 0.05) is 31.3 Å². The molecule has 2 amide bonds. The van der Waals surface area contributed by atoms with Gasteiger partial charge in [-0.15, -0.1) is 0 Å². The molecule has 0 radical (unpaired) electrons. The third-order valence-corrected chi connectivity index (χ3v) is 4.77. The molecule has 0 bridgehead atoms. The third kappa shape index (κ3) is 4.03. The number of benzene rings is 1. The second-order valence-electron chi connectivity index (χ2n) is 6.83. The van der Waals surface area contributed by atoms with Crippen LogP contribution >= 0.6 is 0 Å². The van der Waals surface area contributed by atoms with Crippen molar-refractivity contribution >= 4 is 23.4 Å². The molecule has 29 heavy (non-hydrogen) atoms. The molecular formula is C20H19FN4O4. The number of aromatic nitrogens is 1. The summed E-state index contributed by atoms with van der Waals surface area (Å²) in [7, 11) is 0. The van der Waals surface area contributed by atoms with Crippen LogP contribution in [0, 0.1) is 5.82 Å². The number of oxime groups is 1. The number of hydrogen-bond donors (Lipinski definition) is 1. The Morgan fingerprint density at radius 2 is 2.10 bits per heavy atom. The van der Waals surface area contributed by atoms with E-state index in [-0.39, 0.29) is 25.1 Å². The van der Waals surface area contributed by atoms with Gasteiger partial charge in [0.2, 0.25) is 5.91 Å². The molecule has 1 saturated heterocycles. The van der Waals surface area contributed by atoms with E-state index in [9.17, 15) is 14.0 Å². The molecule has 9 heteroatoms. The number of amides is 2. The SMILES string of the molecule is CC(=O)NC[C@H]1CN(c2ccc(C3=NOC(c4ccncc4)C3)c(F)c2)C(=O)O1. The lowest BCUT2D eigenvalue weighted by molar-refractivity contribution is -0.119. The van der Waals surface area contributed by atoms with E-state index < -0.39 is 18.0 Å². The molecule has 0 aliphatic carbocycles. The van der Waals surface area contributed by atoms with Crippen LogP contribution in [0.2, 0.25) is 0 Å². The summed E-state index contributed by atoms with van der Waals surface area (Å²) in [4.78, 5) is 33.9. The number of hydrogen-bond acceptors (Lipinski definition) is 6. The second kappa shape index (κ2) is 7.86. The van der Waals surface area contributed by atoms with Crippen molar-refractivity contribution in [2.45, 2.75) is 25.6 Å². The molecule has 0 saturated carbocycles. The zero-order valence-corrected chi connectivity index (χ0v) is 15.7. The largest absolute Gasteiger partial charge is 0.442 e. The summed E-state index contributed by atoms with van der Waals surface area (Å²) in [5.41, 5.74) is 2.13. The predicted molar refractivity (Wildman–Crippen MR) is 102 cm³/mol. The minimum Gasteiger partial charge on any atom is -0.442 e. The van der Waals surface area contributed by atoms with Crippen molar-refractivity contribution in [3.8, 4) is 0 Å². The van der Waals surface area contributed by atoms with Gasteiger partial charge in [-0.05, 0) is 35.9 Å². The van der Waals surface area contributed by atoms with Gasteiger partial charge in [0.15, 0.2) is 6.10 Å². The van der Waals surface area contributed by atoms with Gasteiger partial charge in [-0.2, -0.15) is 0 Å². The average Bonchev–Trinajstić information content (AvgIpc) is 3.34. The van der Waals surface area contributed by atoms with E-state index in [2.05, 4.69) is 15.5 Å². The van der Waals surface area contributed by atoms with Crippen molar-refractivity contribution in [3.63, 3.8) is 0 Å². The number of carbonyl (C=O) groups is 2. The van der Waals surface area contributed by atoms with Gasteiger partial charge in [0.1, 0.15) is 11.9 Å². The lowest BCUT2D eigenvalue weighted by atomic mass is 10.0. The van der Waals surface area contributed by atoms with Crippen LogP contribution in [0.25, 0.3) is 0 Å². The van der Waals surface area contributed by atoms with E-state index in [0.29, 0.717) is 23.4 Å². The van der Waals surface area contributed by atoms with E-state index in [1.807, 2.05) is 12.1 Å². The van der Waals surface area contributed by atoms with Gasteiger partial charge in [0.25, 0.3) is 0 Å². The van der Waals surface area contributed by atoms with Crippen LogP contribution in [0.5, 0.6) is 0 Å². The van der Waals surface area contributed by atoms with E-state index in [0.717, 1.165) is 5.56 Å². The normalized spacial score (nSPS) is 20.8. The van der Waals surface area contributed by atoms with Gasteiger partial charge in [-0.1, -0.05) is 5.16 Å². The van der Waals surface area contributed by atoms with Crippen molar-refractivity contribution < 1.29 is 23.6 Å². The highest BCUT2D eigenvalue weighted by Crippen LogP contribution is 2.31. The molecule has 1 aromatic carbocycles. The maximum Gasteiger partial charge on any atom is 0.414 e. The lowest BCUT2D eigenvalue weighted by Gasteiger charge is -2.14. The van der Waals surface area contributed by atoms with Gasteiger partial charge < -0.3 is 14.9 Å². The molecule has 2 aromatic rings. The van der Waals surface area contributed by atoms with Crippen LogP contribution in [0.1, 0.15) is 30.6 Å². The number of nitrogens with zero attached hydrogens (tertiary/aromatic N) is 3. The first-order valence-electron chi connectivity index (χ1n) is 9.16. The van der Waals surface area contributed by atoms with Crippen molar-refractivity contribution in [2.24, 2.45) is 5.16 Å². The quantitative estimate of drug-likeness (QED) is 0.836. The Hall–Kier alpha value is -3.49. The minimum absolute atomic E-state index is 0.209. The second-order valence-corrected chi connectivity index (χ2v) is 6.83. The fourth-order valence-electron chi connectivity index (χ4n) is 3.30. The molecule has 150 valence electrons. The summed E-state index contributed by atoms with van der Waals surface area (Å²) >= 11 is 0. The molecule has 2 aliphatic heterocycles. The van der Waals surface area contributed by atoms with Crippen LogP contribution in [0.3, 0.4) is 0 Å². The van der Waals surface area contributed by atoms with E-state index in [1.165, 1.54) is 17.9 Å². The molecule has 2 atom stereocenters. The van der Waals surface area contributed by atoms with Crippen molar-refractivity contribution in [2.75, 3.05) is 18.0 Å². The fraction of sp³-hybridized carbons (Fsp3) is 0.300. The highest BCUT2D eigenvalue weighted by molar-refractivity contribution is 6.02. The maximum absolute atomic E-state index is 14.8. The van der Waals surface area contributed by atoms with Crippen LogP contribution in [0.4, 0.5) is 14.9 Å². The number of cyclic esters (lactones) is 1. The lowest BCUT2D eigenvalue weighted by Crippen LogP contribution is -2.33. The monoisotopic (exact) mass is 398 g/mol. The van der Waals surface area contributed by atoms with Crippen LogP contribution in [0.15, 0.2) is 47.9 Å². The molecule has 1 unspecified atom stereocenters. The number of halogens is 1. The third-order valence-electron chi connectivity index (χ3n) is 4.77. The summed E-state index contributed by atoms with van der Waals surface area (Å²) in [6.07, 6.45) is 2.43. The molecule has 1 N–H and O–H groups in total. The first-order valence-corrected chi connectivity index (χ1v) is 9.16. The number of pyridine rings is 1. The summed E-state index contributed by atoms with van der Waals surface area (Å²) in [6.45, 7) is 1.83. The fourth-order valence-corrected chi connectivity index (χ4v) is 3.30. The van der Waals surface area contributed by atoms with E-state index in [4.69, 9.17) is 9.57 Å². The Bertz CT molecular complexity index is 966. The standard InChI is InChI=1S/C20H19FN4O4/c1-12(26)23-10-15-11-25(20(27)28-15)14-2-3-16(17(21)8-14)18-9-19(29-24-18)13-4-6-22-7-5-13/h2-8,15,19H,9-11H2,1H3,(H,23,26)/t15-,19?/m0/s1. The number of nitrogens with one attached hydrogen (secondary N) is 1. The molecule has 8 nitrogen and oxygen atoms in total. The van der Waals surface area contributed by atoms with Crippen molar-refractivity contribution in [1.82, 2.24) is 10.3 Å². The van der Waals surface area contributed by atoms with Crippen molar-refractivity contribution in [3.05, 3.63) is 59.7 Å². The number of anilines is 1. The Balaban J connectivity index is 1.45. The molecule has 1 fully saturated rings. The Morgan fingerprint density at radius 1 is 1.31 bits per heavy atom. The summed E-state index contributed by atoms with van der Waals surface area (Å²) in [5.74, 6) is -0.710. The van der Waals surface area contributed by atoms with Crippen LogP contribution in [-0.4, -0.2) is 41.9 Å². The number of carbonyl (C=O) groups excluding carboxylic acids is 2. The van der Waals surface area contributed by atoms with E-state index >= 15 is 0 Å². The Labute approximate surface area is 166 Å². The van der Waals surface area contributed by atoms with Crippen LogP contribution < -0.4 is 10.2 Å². The zero-order valence-electron chi connectivity index (χ0n) is 15.7. The van der Waals surface area contributed by atoms with Crippen molar-refractivity contribution in [1.29, 1.82) is 0 Å². The maximum atomic E-state index is 14.8. The zero-order chi connectivity index (χ0) is 20.4. The molecular weight excluding hydrogens is 379 g/mol. The molecule has 2 aliphatic rings. The topological polar surface area (TPSA) is 93.1 Å². The Morgan fingerprint density at radius 3 is 2.83 bits per heavy atom. The highest BCUT2D eigenvalue weighted by atomic mass is 19.1.